The molecule has 0 saturated carbocycles. The van der Waals surface area contributed by atoms with E-state index in [0.29, 0.717) is 18.7 Å². The van der Waals surface area contributed by atoms with Crippen LogP contribution in [0.25, 0.3) is 0 Å². The van der Waals surface area contributed by atoms with Crippen LogP contribution in [0.15, 0.2) is 24.6 Å². The maximum absolute atomic E-state index is 9.96. The smallest absolute Gasteiger partial charge is 0.0978 e. The molecule has 116 valence electrons. The molecule has 3 heteroatoms. The highest BCUT2D eigenvalue weighted by Crippen LogP contribution is 2.27. The quantitative estimate of drug-likeness (QED) is 0.603. The van der Waals surface area contributed by atoms with Gasteiger partial charge in [0.1, 0.15) is 0 Å². The Morgan fingerprint density at radius 3 is 1.89 bits per heavy atom. The van der Waals surface area contributed by atoms with Gasteiger partial charge in [0.05, 0.1) is 11.9 Å². The van der Waals surface area contributed by atoms with E-state index in [1.165, 1.54) is 0 Å². The lowest BCUT2D eigenvalue weighted by Gasteiger charge is -2.31. The molecule has 0 amide bonds. The lowest BCUT2D eigenvalue weighted by atomic mass is 9.82. The van der Waals surface area contributed by atoms with Gasteiger partial charge in [-0.05, 0) is 11.8 Å². The number of hydrogen-bond donors (Lipinski definition) is 3. The molecule has 19 heavy (non-hydrogen) atoms. The van der Waals surface area contributed by atoms with Gasteiger partial charge in [0.15, 0.2) is 0 Å². The van der Waals surface area contributed by atoms with Crippen molar-refractivity contribution in [1.82, 2.24) is 5.32 Å². The van der Waals surface area contributed by atoms with E-state index in [-0.39, 0.29) is 11.2 Å². The van der Waals surface area contributed by atoms with Crippen molar-refractivity contribution < 1.29 is 10.2 Å². The van der Waals surface area contributed by atoms with Gasteiger partial charge in [0.25, 0.3) is 0 Å². The van der Waals surface area contributed by atoms with Gasteiger partial charge in [-0.3, -0.25) is 0 Å². The van der Waals surface area contributed by atoms with Crippen molar-refractivity contribution in [3.8, 4) is 0 Å². The van der Waals surface area contributed by atoms with E-state index < -0.39 is 6.10 Å². The van der Waals surface area contributed by atoms with Crippen molar-refractivity contribution in [3.63, 3.8) is 0 Å². The Balaban J connectivity index is -0.000000579. The highest BCUT2D eigenvalue weighted by Gasteiger charge is 2.27. The number of aliphatic hydroxyl groups excluding tert-OH is 2. The van der Waals surface area contributed by atoms with Gasteiger partial charge in [0.2, 0.25) is 0 Å². The Morgan fingerprint density at radius 2 is 1.58 bits per heavy atom. The van der Waals surface area contributed by atoms with Crippen LogP contribution in [0.1, 0.15) is 61.3 Å². The van der Waals surface area contributed by atoms with Gasteiger partial charge in [-0.1, -0.05) is 61.6 Å². The Morgan fingerprint density at radius 1 is 1.16 bits per heavy atom. The molecule has 0 bridgehead atoms. The van der Waals surface area contributed by atoms with E-state index in [1.807, 2.05) is 48.5 Å². The summed E-state index contributed by atoms with van der Waals surface area (Å²) >= 11 is 0. The average Bonchev–Trinajstić information content (AvgIpc) is 2.41. The van der Waals surface area contributed by atoms with Crippen LogP contribution < -0.4 is 5.32 Å². The molecular formula is C16H35NO2. The standard InChI is InChI=1S/C12H23NO2.2C2H6/c1-6-12(4,5)11(15)10(3)13-8-7-9(2)14;2*1-2/h11,13-15H,2-3,6-8H2,1,4-5H3;2*1-2H3/t11-;;/m0../s1. The van der Waals surface area contributed by atoms with E-state index in [0.717, 1.165) is 6.42 Å². The van der Waals surface area contributed by atoms with E-state index >= 15 is 0 Å². The summed E-state index contributed by atoms with van der Waals surface area (Å²) in [6, 6.07) is 0. The molecular weight excluding hydrogens is 238 g/mol. The van der Waals surface area contributed by atoms with Gasteiger partial charge in [-0.25, -0.2) is 0 Å². The molecule has 3 nitrogen and oxygen atoms in total. The first-order chi connectivity index (χ1) is 8.81. The predicted molar refractivity (Wildman–Crippen MR) is 86.3 cm³/mol. The number of nitrogens with one attached hydrogen (secondary N) is 1. The molecule has 0 spiro atoms. The average molecular weight is 273 g/mol. The Hall–Kier alpha value is -0.960. The maximum atomic E-state index is 9.96. The zero-order valence-corrected chi connectivity index (χ0v) is 14.0. The summed E-state index contributed by atoms with van der Waals surface area (Å²) in [5, 5.41) is 21.8. The fraction of sp³-hybridized carbons (Fsp3) is 0.750. The molecule has 0 aromatic heterocycles. The molecule has 0 aliphatic heterocycles. The molecule has 0 rings (SSSR count). The fourth-order valence-electron chi connectivity index (χ4n) is 1.13. The molecule has 3 N–H and O–H groups in total. The minimum atomic E-state index is -0.575. The van der Waals surface area contributed by atoms with Gasteiger partial charge in [-0.15, -0.1) is 0 Å². The zero-order chi connectivity index (χ0) is 16.1. The molecule has 0 fully saturated rings. The molecule has 0 unspecified atom stereocenters. The summed E-state index contributed by atoms with van der Waals surface area (Å²) in [5.74, 6) is 0.138. The normalized spacial score (nSPS) is 11.2. The van der Waals surface area contributed by atoms with Gasteiger partial charge < -0.3 is 15.5 Å². The second-order valence-electron chi connectivity index (χ2n) is 4.51. The maximum Gasteiger partial charge on any atom is 0.0978 e. The molecule has 0 aliphatic carbocycles. The fourth-order valence-corrected chi connectivity index (χ4v) is 1.13. The van der Waals surface area contributed by atoms with Gasteiger partial charge in [0, 0.05) is 18.7 Å². The lowest BCUT2D eigenvalue weighted by Crippen LogP contribution is -2.35. The Labute approximate surface area is 120 Å². The van der Waals surface area contributed by atoms with E-state index in [4.69, 9.17) is 5.11 Å². The highest BCUT2D eigenvalue weighted by molar-refractivity contribution is 5.04. The van der Waals surface area contributed by atoms with Crippen molar-refractivity contribution in [2.75, 3.05) is 6.54 Å². The lowest BCUT2D eigenvalue weighted by molar-refractivity contribution is 0.0724. The van der Waals surface area contributed by atoms with Crippen molar-refractivity contribution in [3.05, 3.63) is 24.6 Å². The van der Waals surface area contributed by atoms with Crippen LogP contribution in [0.3, 0.4) is 0 Å². The minimum Gasteiger partial charge on any atom is -0.513 e. The first-order valence-corrected chi connectivity index (χ1v) is 7.28. The molecule has 0 aromatic carbocycles. The number of rotatable bonds is 7. The van der Waals surface area contributed by atoms with E-state index in [2.05, 4.69) is 18.5 Å². The van der Waals surface area contributed by atoms with Crippen molar-refractivity contribution >= 4 is 0 Å². The monoisotopic (exact) mass is 273 g/mol. The van der Waals surface area contributed by atoms with Crippen LogP contribution in [-0.2, 0) is 0 Å². The summed E-state index contributed by atoms with van der Waals surface area (Å²) in [7, 11) is 0. The molecule has 0 heterocycles. The van der Waals surface area contributed by atoms with Crippen LogP contribution in [0, 0.1) is 5.41 Å². The minimum absolute atomic E-state index is 0.138. The molecule has 1 atom stereocenters. The second kappa shape index (κ2) is 13.5. The van der Waals surface area contributed by atoms with Crippen LogP contribution >= 0.6 is 0 Å². The van der Waals surface area contributed by atoms with Crippen molar-refractivity contribution in [2.45, 2.75) is 67.4 Å². The van der Waals surface area contributed by atoms with Crippen LogP contribution in [0.5, 0.6) is 0 Å². The van der Waals surface area contributed by atoms with Gasteiger partial charge in [-0.2, -0.15) is 0 Å². The Bertz CT molecular complexity index is 235. The molecule has 0 saturated heterocycles. The summed E-state index contributed by atoms with van der Waals surface area (Å²) in [6.45, 7) is 21.7. The number of hydrogen-bond acceptors (Lipinski definition) is 3. The predicted octanol–water partition coefficient (Wildman–Crippen LogP) is 4.40. The topological polar surface area (TPSA) is 52.5 Å². The zero-order valence-electron chi connectivity index (χ0n) is 14.0. The Kier molecular flexibility index (Phi) is 16.4. The van der Waals surface area contributed by atoms with E-state index in [9.17, 15) is 5.11 Å². The van der Waals surface area contributed by atoms with Crippen LogP contribution in [-0.4, -0.2) is 22.9 Å². The van der Waals surface area contributed by atoms with Crippen molar-refractivity contribution in [2.24, 2.45) is 5.41 Å². The summed E-state index contributed by atoms with van der Waals surface area (Å²) in [5.41, 5.74) is 0.420. The van der Waals surface area contributed by atoms with E-state index in [1.54, 1.807) is 0 Å². The van der Waals surface area contributed by atoms with Crippen molar-refractivity contribution in [1.29, 1.82) is 0 Å². The van der Waals surface area contributed by atoms with Crippen LogP contribution in [0.2, 0.25) is 0 Å². The number of aliphatic hydroxyl groups is 2. The third-order valence-corrected chi connectivity index (χ3v) is 2.75. The first-order valence-electron chi connectivity index (χ1n) is 7.28. The largest absolute Gasteiger partial charge is 0.513 e. The SMILES string of the molecule is C=C(O)CCNC(=C)[C@H](O)C(C)(C)CC.CC.CC. The molecule has 0 aliphatic rings. The summed E-state index contributed by atoms with van der Waals surface area (Å²) in [6.07, 6.45) is 0.773. The molecule has 0 radical (unpaired) electrons. The van der Waals surface area contributed by atoms with Gasteiger partial charge >= 0.3 is 0 Å². The second-order valence-corrected chi connectivity index (χ2v) is 4.51. The summed E-state index contributed by atoms with van der Waals surface area (Å²) in [4.78, 5) is 0. The molecule has 0 aromatic rings. The third kappa shape index (κ3) is 11.8. The first kappa shape index (κ1) is 23.2. The highest BCUT2D eigenvalue weighted by atomic mass is 16.3. The van der Waals surface area contributed by atoms with Crippen LogP contribution in [0.4, 0.5) is 0 Å². The summed E-state index contributed by atoms with van der Waals surface area (Å²) < 4.78 is 0. The third-order valence-electron chi connectivity index (χ3n) is 2.75.